The maximum absolute atomic E-state index is 12.6. The number of aromatic hydroxyl groups is 1. The molecule has 24 heavy (non-hydrogen) atoms. The number of fused-ring (bicyclic) bond motifs is 1. The molecular weight excluding hydrogens is 340 g/mol. The van der Waals surface area contributed by atoms with Gasteiger partial charge in [0.15, 0.2) is 0 Å². The summed E-state index contributed by atoms with van der Waals surface area (Å²) in [7, 11) is 0. The molecule has 1 aromatic carbocycles. The number of hydrogen-bond acceptors (Lipinski definition) is 5. The summed E-state index contributed by atoms with van der Waals surface area (Å²) < 4.78 is 0. The van der Waals surface area contributed by atoms with Crippen LogP contribution < -0.4 is 5.56 Å². The summed E-state index contributed by atoms with van der Waals surface area (Å²) in [5.74, 6) is 0.860. The van der Waals surface area contributed by atoms with Crippen molar-refractivity contribution >= 4 is 32.9 Å². The molecule has 0 aliphatic carbocycles. The van der Waals surface area contributed by atoms with Gasteiger partial charge in [-0.1, -0.05) is 12.1 Å². The van der Waals surface area contributed by atoms with Crippen LogP contribution in [0.1, 0.15) is 16.3 Å². The molecule has 0 aliphatic heterocycles. The number of phenols is 1. The average molecular weight is 354 g/mol. The predicted molar refractivity (Wildman–Crippen MR) is 99.2 cm³/mol. The lowest BCUT2D eigenvalue weighted by molar-refractivity contribution is 0.475. The lowest BCUT2D eigenvalue weighted by Crippen LogP contribution is -2.11. The number of aromatic amines is 1. The van der Waals surface area contributed by atoms with Crippen molar-refractivity contribution in [3.63, 3.8) is 0 Å². The number of nitrogens with one attached hydrogen (secondary N) is 1. The van der Waals surface area contributed by atoms with E-state index in [0.717, 1.165) is 20.8 Å². The molecule has 4 nitrogen and oxygen atoms in total. The number of phenolic OH excluding ortho intramolecular Hbond substituents is 1. The van der Waals surface area contributed by atoms with Crippen molar-refractivity contribution in [3.8, 4) is 16.2 Å². The minimum absolute atomic E-state index is 0.101. The van der Waals surface area contributed by atoms with Crippen LogP contribution in [0.3, 0.4) is 0 Å². The highest BCUT2D eigenvalue weighted by Crippen LogP contribution is 2.35. The SMILES string of the molecule is Cc1ccc(-c2csc3nc(Cc4ccc(O)cc4)[nH]c(=O)c23)s1. The lowest BCUT2D eigenvalue weighted by atomic mass is 10.1. The maximum Gasteiger partial charge on any atom is 0.260 e. The smallest absolute Gasteiger partial charge is 0.260 e. The first-order valence-electron chi connectivity index (χ1n) is 7.45. The Bertz CT molecular complexity index is 1070. The number of nitrogens with zero attached hydrogens (tertiary/aromatic N) is 1. The molecule has 6 heteroatoms. The Kier molecular flexibility index (Phi) is 3.70. The first-order chi connectivity index (χ1) is 11.6. The molecule has 4 aromatic rings. The topological polar surface area (TPSA) is 66.0 Å². The number of aromatic nitrogens is 2. The Hall–Kier alpha value is -2.44. The monoisotopic (exact) mass is 354 g/mol. The van der Waals surface area contributed by atoms with Crippen molar-refractivity contribution in [2.45, 2.75) is 13.3 Å². The Morgan fingerprint density at radius 3 is 2.67 bits per heavy atom. The van der Waals surface area contributed by atoms with E-state index in [1.54, 1.807) is 23.5 Å². The van der Waals surface area contributed by atoms with Gasteiger partial charge in [-0.25, -0.2) is 4.98 Å². The van der Waals surface area contributed by atoms with E-state index in [1.807, 2.05) is 23.6 Å². The van der Waals surface area contributed by atoms with Gasteiger partial charge in [0.05, 0.1) is 5.39 Å². The van der Waals surface area contributed by atoms with Crippen LogP contribution in [0.5, 0.6) is 5.75 Å². The molecule has 0 unspecified atom stereocenters. The van der Waals surface area contributed by atoms with Gasteiger partial charge in [-0.2, -0.15) is 0 Å². The van der Waals surface area contributed by atoms with Gasteiger partial charge < -0.3 is 10.1 Å². The molecule has 0 saturated heterocycles. The fourth-order valence-corrected chi connectivity index (χ4v) is 4.57. The van der Waals surface area contributed by atoms with Crippen LogP contribution in [0.4, 0.5) is 0 Å². The maximum atomic E-state index is 12.6. The van der Waals surface area contributed by atoms with E-state index in [9.17, 15) is 9.90 Å². The molecule has 0 aliphatic rings. The molecule has 120 valence electrons. The number of thiophene rings is 2. The fourth-order valence-electron chi connectivity index (χ4n) is 2.64. The van der Waals surface area contributed by atoms with Gasteiger partial charge in [0, 0.05) is 27.1 Å². The second-order valence-corrected chi connectivity index (χ2v) is 7.74. The van der Waals surface area contributed by atoms with Crippen molar-refractivity contribution in [2.75, 3.05) is 0 Å². The van der Waals surface area contributed by atoms with Gasteiger partial charge in [0.1, 0.15) is 16.4 Å². The molecule has 0 saturated carbocycles. The molecule has 2 N–H and O–H groups in total. The molecule has 0 radical (unpaired) electrons. The molecule has 0 bridgehead atoms. The van der Waals surface area contributed by atoms with Gasteiger partial charge in [0.2, 0.25) is 0 Å². The number of benzene rings is 1. The summed E-state index contributed by atoms with van der Waals surface area (Å²) in [6.45, 7) is 2.06. The molecule has 0 amide bonds. The Morgan fingerprint density at radius 2 is 1.96 bits per heavy atom. The number of H-pyrrole nitrogens is 1. The van der Waals surface area contributed by atoms with Crippen molar-refractivity contribution in [3.05, 3.63) is 68.4 Å². The summed E-state index contributed by atoms with van der Waals surface area (Å²) >= 11 is 3.17. The zero-order valence-corrected chi connectivity index (χ0v) is 14.5. The standard InChI is InChI=1S/C18H14N2O2S2/c1-10-2-7-14(24-10)13-9-23-18-16(13)17(22)19-15(20-18)8-11-3-5-12(21)6-4-11/h2-7,9,21H,8H2,1H3,(H,19,20,22). The summed E-state index contributed by atoms with van der Waals surface area (Å²) in [5, 5.41) is 12.0. The number of rotatable bonds is 3. The van der Waals surface area contributed by atoms with Gasteiger partial charge in [0.25, 0.3) is 5.56 Å². The van der Waals surface area contributed by atoms with Crippen LogP contribution in [-0.4, -0.2) is 15.1 Å². The zero-order chi connectivity index (χ0) is 16.7. The molecule has 4 rings (SSSR count). The van der Waals surface area contributed by atoms with Gasteiger partial charge >= 0.3 is 0 Å². The Morgan fingerprint density at radius 1 is 1.17 bits per heavy atom. The van der Waals surface area contributed by atoms with E-state index in [2.05, 4.69) is 23.0 Å². The van der Waals surface area contributed by atoms with Crippen LogP contribution in [0.2, 0.25) is 0 Å². The highest BCUT2D eigenvalue weighted by molar-refractivity contribution is 7.19. The normalized spacial score (nSPS) is 11.2. The summed E-state index contributed by atoms with van der Waals surface area (Å²) in [4.78, 5) is 23.2. The van der Waals surface area contributed by atoms with E-state index in [0.29, 0.717) is 17.6 Å². The van der Waals surface area contributed by atoms with Crippen molar-refractivity contribution in [1.29, 1.82) is 0 Å². The molecule has 0 atom stereocenters. The third-order valence-corrected chi connectivity index (χ3v) is 5.71. The van der Waals surface area contributed by atoms with E-state index >= 15 is 0 Å². The van der Waals surface area contributed by atoms with Crippen LogP contribution in [0.25, 0.3) is 20.7 Å². The van der Waals surface area contributed by atoms with Crippen LogP contribution in [-0.2, 0) is 6.42 Å². The van der Waals surface area contributed by atoms with Gasteiger partial charge in [-0.15, -0.1) is 22.7 Å². The predicted octanol–water partition coefficient (Wildman–Crippen LogP) is 4.32. The quantitative estimate of drug-likeness (QED) is 0.576. The van der Waals surface area contributed by atoms with E-state index in [-0.39, 0.29) is 11.3 Å². The molecule has 0 fully saturated rings. The largest absolute Gasteiger partial charge is 0.508 e. The Balaban J connectivity index is 1.76. The minimum atomic E-state index is -0.101. The van der Waals surface area contributed by atoms with Gasteiger partial charge in [-0.3, -0.25) is 4.79 Å². The average Bonchev–Trinajstić information content (AvgIpc) is 3.16. The summed E-state index contributed by atoms with van der Waals surface area (Å²) in [6, 6.07) is 11.0. The molecule has 3 heterocycles. The van der Waals surface area contributed by atoms with Crippen molar-refractivity contribution in [2.24, 2.45) is 0 Å². The number of hydrogen-bond donors (Lipinski definition) is 2. The molecular formula is C18H14N2O2S2. The van der Waals surface area contributed by atoms with E-state index < -0.39 is 0 Å². The molecule has 3 aromatic heterocycles. The van der Waals surface area contributed by atoms with Crippen LogP contribution >= 0.6 is 22.7 Å². The first-order valence-corrected chi connectivity index (χ1v) is 9.15. The number of aryl methyl sites for hydroxylation is 1. The minimum Gasteiger partial charge on any atom is -0.508 e. The van der Waals surface area contributed by atoms with Crippen molar-refractivity contribution in [1.82, 2.24) is 9.97 Å². The lowest BCUT2D eigenvalue weighted by Gasteiger charge is -2.02. The third kappa shape index (κ3) is 2.74. The van der Waals surface area contributed by atoms with Crippen LogP contribution in [0.15, 0.2) is 46.6 Å². The second kappa shape index (κ2) is 5.89. The second-order valence-electron chi connectivity index (χ2n) is 5.60. The summed E-state index contributed by atoms with van der Waals surface area (Å²) in [5.41, 5.74) is 1.84. The third-order valence-electron chi connectivity index (χ3n) is 3.81. The summed E-state index contributed by atoms with van der Waals surface area (Å²) in [6.07, 6.45) is 0.525. The van der Waals surface area contributed by atoms with Crippen molar-refractivity contribution < 1.29 is 5.11 Å². The molecule has 0 spiro atoms. The first kappa shape index (κ1) is 15.1. The highest BCUT2D eigenvalue weighted by atomic mass is 32.1. The van der Waals surface area contributed by atoms with Gasteiger partial charge in [-0.05, 0) is 36.8 Å². The zero-order valence-electron chi connectivity index (χ0n) is 12.9. The van der Waals surface area contributed by atoms with E-state index in [1.165, 1.54) is 16.2 Å². The highest BCUT2D eigenvalue weighted by Gasteiger charge is 2.14. The Labute approximate surface area is 146 Å². The van der Waals surface area contributed by atoms with E-state index in [4.69, 9.17) is 0 Å². The fraction of sp³-hybridized carbons (Fsp3) is 0.111. The van der Waals surface area contributed by atoms with Crippen LogP contribution in [0, 0.1) is 6.92 Å².